The molecule has 1 N–H and O–H groups in total. The molecule has 1 amide bonds. The van der Waals surface area contributed by atoms with Crippen LogP contribution in [0.25, 0.3) is 0 Å². The number of nitrogens with one attached hydrogen (secondary N) is 1. The number of benzene rings is 3. The van der Waals surface area contributed by atoms with E-state index in [9.17, 15) is 13.2 Å². The molecule has 0 radical (unpaired) electrons. The van der Waals surface area contributed by atoms with Crippen molar-refractivity contribution in [1.29, 1.82) is 0 Å². The first-order valence-corrected chi connectivity index (χ1v) is 13.0. The van der Waals surface area contributed by atoms with E-state index in [1.54, 1.807) is 48.2 Å². The molecule has 33 heavy (non-hydrogen) atoms. The standard InChI is InChI=1S/C25H28N2O4S2/c1-17-9-12-23(31-4)24(13-17)33(29,30)27(21-11-10-18(2)19(3)14-21)16-25(28)26-20-7-6-8-22(15-20)32-5/h6-15H,16H2,1-5H3,(H,26,28). The largest absolute Gasteiger partial charge is 0.495 e. The second kappa shape index (κ2) is 10.3. The molecule has 0 aliphatic carbocycles. The number of aryl methyl sites for hydroxylation is 3. The van der Waals surface area contributed by atoms with Crippen LogP contribution < -0.4 is 14.4 Å². The lowest BCUT2D eigenvalue weighted by atomic mass is 10.1. The van der Waals surface area contributed by atoms with Crippen molar-refractivity contribution in [2.24, 2.45) is 0 Å². The summed E-state index contributed by atoms with van der Waals surface area (Å²) in [7, 11) is -2.68. The first kappa shape index (κ1) is 24.7. The molecule has 0 fully saturated rings. The van der Waals surface area contributed by atoms with Crippen LogP contribution in [0.2, 0.25) is 0 Å². The van der Waals surface area contributed by atoms with E-state index in [1.807, 2.05) is 51.3 Å². The lowest BCUT2D eigenvalue weighted by Crippen LogP contribution is -2.38. The van der Waals surface area contributed by atoms with E-state index in [0.29, 0.717) is 11.4 Å². The number of methoxy groups -OCH3 is 1. The normalized spacial score (nSPS) is 11.2. The third-order valence-electron chi connectivity index (χ3n) is 5.31. The Kier molecular flexibility index (Phi) is 7.71. The number of nitrogens with zero attached hydrogens (tertiary/aromatic N) is 1. The van der Waals surface area contributed by atoms with Crippen LogP contribution in [-0.4, -0.2) is 34.2 Å². The molecule has 0 aliphatic rings. The van der Waals surface area contributed by atoms with Crippen LogP contribution in [0.1, 0.15) is 16.7 Å². The minimum absolute atomic E-state index is 0.0143. The molecule has 174 valence electrons. The Hall–Kier alpha value is -2.97. The molecule has 0 aliphatic heterocycles. The molecule has 0 spiro atoms. The van der Waals surface area contributed by atoms with Gasteiger partial charge in [-0.1, -0.05) is 18.2 Å². The van der Waals surface area contributed by atoms with E-state index in [1.165, 1.54) is 7.11 Å². The summed E-state index contributed by atoms with van der Waals surface area (Å²) in [6.07, 6.45) is 1.95. The quantitative estimate of drug-likeness (QED) is 0.446. The van der Waals surface area contributed by atoms with Gasteiger partial charge in [0.1, 0.15) is 17.2 Å². The SMILES string of the molecule is COc1ccc(C)cc1S(=O)(=O)N(CC(=O)Nc1cccc(SC)c1)c1ccc(C)c(C)c1. The van der Waals surface area contributed by atoms with Gasteiger partial charge in [-0.15, -0.1) is 11.8 Å². The van der Waals surface area contributed by atoms with Gasteiger partial charge in [0.2, 0.25) is 5.91 Å². The Bertz CT molecular complexity index is 1270. The summed E-state index contributed by atoms with van der Waals surface area (Å²) in [5.41, 5.74) is 3.75. The summed E-state index contributed by atoms with van der Waals surface area (Å²) in [4.78, 5) is 14.0. The Morgan fingerprint density at radius 1 is 1.00 bits per heavy atom. The molecule has 6 nitrogen and oxygen atoms in total. The maximum absolute atomic E-state index is 13.8. The number of carbonyl (C=O) groups is 1. The molecule has 0 unspecified atom stereocenters. The summed E-state index contributed by atoms with van der Waals surface area (Å²) in [6.45, 7) is 5.29. The highest BCUT2D eigenvalue weighted by Crippen LogP contribution is 2.32. The van der Waals surface area contributed by atoms with Crippen molar-refractivity contribution >= 4 is 39.1 Å². The maximum atomic E-state index is 13.8. The van der Waals surface area contributed by atoms with Crippen molar-refractivity contribution in [1.82, 2.24) is 0 Å². The van der Waals surface area contributed by atoms with E-state index in [-0.39, 0.29) is 17.2 Å². The zero-order chi connectivity index (χ0) is 24.2. The first-order chi connectivity index (χ1) is 15.6. The molecule has 3 aromatic carbocycles. The smallest absolute Gasteiger partial charge is 0.268 e. The summed E-state index contributed by atoms with van der Waals surface area (Å²) in [6, 6.07) is 17.7. The van der Waals surface area contributed by atoms with Crippen molar-refractivity contribution in [3.05, 3.63) is 77.4 Å². The van der Waals surface area contributed by atoms with Gasteiger partial charge < -0.3 is 10.1 Å². The van der Waals surface area contributed by atoms with Crippen LogP contribution in [0, 0.1) is 20.8 Å². The molecular formula is C25H28N2O4S2. The number of hydrogen-bond acceptors (Lipinski definition) is 5. The molecule has 0 saturated carbocycles. The van der Waals surface area contributed by atoms with Crippen molar-refractivity contribution in [2.45, 2.75) is 30.6 Å². The monoisotopic (exact) mass is 484 g/mol. The molecular weight excluding hydrogens is 456 g/mol. The topological polar surface area (TPSA) is 75.7 Å². The predicted molar refractivity (Wildman–Crippen MR) is 135 cm³/mol. The van der Waals surface area contributed by atoms with Crippen LogP contribution >= 0.6 is 11.8 Å². The number of hydrogen-bond donors (Lipinski definition) is 1. The molecule has 0 saturated heterocycles. The van der Waals surface area contributed by atoms with E-state index in [0.717, 1.165) is 25.9 Å². The minimum atomic E-state index is -4.11. The lowest BCUT2D eigenvalue weighted by Gasteiger charge is -2.26. The van der Waals surface area contributed by atoms with E-state index < -0.39 is 15.9 Å². The highest BCUT2D eigenvalue weighted by Gasteiger charge is 2.30. The Morgan fingerprint density at radius 2 is 1.76 bits per heavy atom. The second-order valence-corrected chi connectivity index (χ2v) is 10.4. The van der Waals surface area contributed by atoms with Crippen molar-refractivity contribution in [3.63, 3.8) is 0 Å². The Morgan fingerprint density at radius 3 is 2.42 bits per heavy atom. The fourth-order valence-corrected chi connectivity index (χ4v) is 5.45. The van der Waals surface area contributed by atoms with Gasteiger partial charge in [-0.3, -0.25) is 9.10 Å². The van der Waals surface area contributed by atoms with Gasteiger partial charge >= 0.3 is 0 Å². The van der Waals surface area contributed by atoms with Crippen molar-refractivity contribution < 1.29 is 17.9 Å². The van der Waals surface area contributed by atoms with Crippen LogP contribution in [0.5, 0.6) is 5.75 Å². The number of thioether (sulfide) groups is 1. The van der Waals surface area contributed by atoms with Crippen LogP contribution in [0.15, 0.2) is 70.5 Å². The zero-order valence-electron chi connectivity index (χ0n) is 19.4. The molecule has 0 atom stereocenters. The summed E-state index contributed by atoms with van der Waals surface area (Å²) >= 11 is 1.56. The summed E-state index contributed by atoms with van der Waals surface area (Å²) in [5.74, 6) is -0.218. The summed E-state index contributed by atoms with van der Waals surface area (Å²) < 4.78 is 34.1. The highest BCUT2D eigenvalue weighted by atomic mass is 32.2. The average molecular weight is 485 g/mol. The molecule has 3 aromatic rings. The van der Waals surface area contributed by atoms with Gasteiger partial charge in [0.05, 0.1) is 12.8 Å². The average Bonchev–Trinajstić information content (AvgIpc) is 2.79. The number of anilines is 2. The highest BCUT2D eigenvalue weighted by molar-refractivity contribution is 7.98. The Labute approximate surface area is 200 Å². The van der Waals surface area contributed by atoms with Gasteiger partial charge in [0.15, 0.2) is 0 Å². The van der Waals surface area contributed by atoms with E-state index in [2.05, 4.69) is 5.32 Å². The van der Waals surface area contributed by atoms with E-state index >= 15 is 0 Å². The number of amides is 1. The third-order valence-corrected chi connectivity index (χ3v) is 7.83. The fraction of sp³-hybridized carbons (Fsp3) is 0.240. The molecule has 3 rings (SSSR count). The first-order valence-electron chi connectivity index (χ1n) is 10.3. The minimum Gasteiger partial charge on any atom is -0.495 e. The van der Waals surface area contributed by atoms with Crippen LogP contribution in [0.3, 0.4) is 0 Å². The number of rotatable bonds is 8. The van der Waals surface area contributed by atoms with Crippen LogP contribution in [0.4, 0.5) is 11.4 Å². The Balaban J connectivity index is 2.03. The predicted octanol–water partition coefficient (Wildman–Crippen LogP) is 5.18. The van der Waals surface area contributed by atoms with Gasteiger partial charge in [-0.25, -0.2) is 8.42 Å². The van der Waals surface area contributed by atoms with Crippen molar-refractivity contribution in [3.8, 4) is 5.75 Å². The molecule has 8 heteroatoms. The second-order valence-electron chi connectivity index (χ2n) is 7.71. The molecule has 0 bridgehead atoms. The molecule has 0 heterocycles. The molecule has 0 aromatic heterocycles. The number of sulfonamides is 1. The van der Waals surface area contributed by atoms with E-state index in [4.69, 9.17) is 4.74 Å². The van der Waals surface area contributed by atoms with Crippen molar-refractivity contribution in [2.75, 3.05) is 29.5 Å². The lowest BCUT2D eigenvalue weighted by molar-refractivity contribution is -0.114. The van der Waals surface area contributed by atoms with Gasteiger partial charge in [0.25, 0.3) is 10.0 Å². The number of carbonyl (C=O) groups excluding carboxylic acids is 1. The van der Waals surface area contributed by atoms with Gasteiger partial charge in [0, 0.05) is 10.6 Å². The zero-order valence-corrected chi connectivity index (χ0v) is 21.0. The third kappa shape index (κ3) is 5.69. The van der Waals surface area contributed by atoms with Crippen LogP contribution in [-0.2, 0) is 14.8 Å². The van der Waals surface area contributed by atoms with Gasteiger partial charge in [-0.2, -0.15) is 0 Å². The van der Waals surface area contributed by atoms with Gasteiger partial charge in [-0.05, 0) is 86.2 Å². The number of ether oxygens (including phenoxy) is 1. The summed E-state index contributed by atoms with van der Waals surface area (Å²) in [5, 5.41) is 2.82. The fourth-order valence-electron chi connectivity index (χ4n) is 3.33. The maximum Gasteiger partial charge on any atom is 0.268 e.